The van der Waals surface area contributed by atoms with Crippen LogP contribution < -0.4 is 4.90 Å². The van der Waals surface area contributed by atoms with Crippen LogP contribution in [0.2, 0.25) is 0 Å². The van der Waals surface area contributed by atoms with Gasteiger partial charge in [-0.25, -0.2) is 0 Å². The number of nitrogens with zero attached hydrogens (tertiary/aromatic N) is 2. The van der Waals surface area contributed by atoms with Crippen molar-refractivity contribution >= 4 is 23.1 Å². The monoisotopic (exact) mass is 376 g/mol. The largest absolute Gasteiger partial charge is 0.294 e. The van der Waals surface area contributed by atoms with Crippen molar-refractivity contribution < 1.29 is 14.5 Å². The normalized spacial score (nSPS) is 19.6. The lowest BCUT2D eigenvalue weighted by molar-refractivity contribution is -0.384. The summed E-state index contributed by atoms with van der Waals surface area (Å²) in [6, 6.07) is 14.4. The average molecular weight is 376 g/mol. The molecule has 0 bridgehead atoms. The number of nitro benzene ring substituents is 1. The van der Waals surface area contributed by atoms with Gasteiger partial charge in [0.25, 0.3) is 5.69 Å². The van der Waals surface area contributed by atoms with Crippen LogP contribution in [0.4, 0.5) is 11.4 Å². The van der Waals surface area contributed by atoms with Crippen LogP contribution in [0.3, 0.4) is 0 Å². The number of rotatable bonds is 3. The van der Waals surface area contributed by atoms with E-state index in [1.807, 2.05) is 30.3 Å². The molecular weight excluding hydrogens is 356 g/mol. The lowest BCUT2D eigenvalue weighted by Gasteiger charge is -2.38. The Morgan fingerprint density at radius 1 is 1.07 bits per heavy atom. The molecule has 0 saturated heterocycles. The maximum atomic E-state index is 13.2. The molecule has 2 aromatic carbocycles. The quantitative estimate of drug-likeness (QED) is 0.586. The molecule has 6 heteroatoms. The Bertz CT molecular complexity index is 1010. The Balaban J connectivity index is 1.91. The van der Waals surface area contributed by atoms with Crippen molar-refractivity contribution in [1.82, 2.24) is 0 Å². The van der Waals surface area contributed by atoms with Crippen LogP contribution >= 0.6 is 0 Å². The number of nitro groups is 1. The third-order valence-electron chi connectivity index (χ3n) is 5.45. The molecule has 1 unspecified atom stereocenters. The van der Waals surface area contributed by atoms with Crippen molar-refractivity contribution in [3.8, 4) is 0 Å². The van der Waals surface area contributed by atoms with Gasteiger partial charge in [0.1, 0.15) is 5.69 Å². The van der Waals surface area contributed by atoms with Crippen LogP contribution in [0.5, 0.6) is 0 Å². The summed E-state index contributed by atoms with van der Waals surface area (Å²) in [4.78, 5) is 38.6. The van der Waals surface area contributed by atoms with Gasteiger partial charge in [-0.3, -0.25) is 24.6 Å². The summed E-state index contributed by atoms with van der Waals surface area (Å²) in [6.45, 7) is 1.77. The van der Waals surface area contributed by atoms with Crippen molar-refractivity contribution in [2.45, 2.75) is 38.5 Å². The Morgan fingerprint density at radius 2 is 1.82 bits per heavy atom. The molecule has 0 aromatic heterocycles. The second kappa shape index (κ2) is 7.03. The van der Waals surface area contributed by atoms with E-state index in [0.717, 1.165) is 11.1 Å². The number of carbonyl (C=O) groups is 2. The second-order valence-corrected chi connectivity index (χ2v) is 7.28. The Labute approximate surface area is 162 Å². The fraction of sp³-hybridized carbons (Fsp3) is 0.273. The standard InChI is InChI=1S/C22H20N2O4/c1-14-10-11-17(19(12-14)24(27)28)23-18-8-5-9-20(25)22(18)16(13-21(23)26)15-6-3-2-4-7-15/h2-4,6-7,10-12,16H,5,8-9,13H2,1H3. The van der Waals surface area contributed by atoms with Gasteiger partial charge in [0.15, 0.2) is 5.78 Å². The first-order valence-corrected chi connectivity index (χ1v) is 9.36. The van der Waals surface area contributed by atoms with E-state index in [9.17, 15) is 19.7 Å². The molecule has 1 atom stereocenters. The number of amides is 1. The van der Waals surface area contributed by atoms with Crippen molar-refractivity contribution in [3.05, 3.63) is 81.0 Å². The van der Waals surface area contributed by atoms with Crippen molar-refractivity contribution in [1.29, 1.82) is 0 Å². The third-order valence-corrected chi connectivity index (χ3v) is 5.45. The molecule has 0 fully saturated rings. The van der Waals surface area contributed by atoms with E-state index >= 15 is 0 Å². The van der Waals surface area contributed by atoms with E-state index in [4.69, 9.17) is 0 Å². The molecule has 0 saturated carbocycles. The lowest BCUT2D eigenvalue weighted by atomic mass is 9.77. The van der Waals surface area contributed by atoms with E-state index in [1.165, 1.54) is 11.0 Å². The van der Waals surface area contributed by atoms with Crippen molar-refractivity contribution in [2.24, 2.45) is 0 Å². The van der Waals surface area contributed by atoms with E-state index < -0.39 is 4.92 Å². The minimum Gasteiger partial charge on any atom is -0.294 e. The average Bonchev–Trinajstić information content (AvgIpc) is 2.68. The van der Waals surface area contributed by atoms with E-state index in [0.29, 0.717) is 30.5 Å². The van der Waals surface area contributed by atoms with Gasteiger partial charge in [-0.1, -0.05) is 36.4 Å². The first kappa shape index (κ1) is 18.1. The molecule has 0 N–H and O–H groups in total. The molecule has 6 nitrogen and oxygen atoms in total. The number of Topliss-reactive ketones (excluding diaryl/α,β-unsaturated/α-hetero) is 1. The summed E-state index contributed by atoms with van der Waals surface area (Å²) in [7, 11) is 0. The van der Waals surface area contributed by atoms with Gasteiger partial charge in [-0.05, 0) is 37.0 Å². The number of hydrogen-bond donors (Lipinski definition) is 0. The van der Waals surface area contributed by atoms with Crippen LogP contribution in [0.1, 0.15) is 42.7 Å². The highest BCUT2D eigenvalue weighted by Gasteiger charge is 2.41. The van der Waals surface area contributed by atoms with Gasteiger partial charge in [-0.2, -0.15) is 0 Å². The van der Waals surface area contributed by atoms with Gasteiger partial charge in [0.05, 0.1) is 4.92 Å². The summed E-state index contributed by atoms with van der Waals surface area (Å²) < 4.78 is 0. The highest BCUT2D eigenvalue weighted by Crippen LogP contribution is 2.45. The Hall–Kier alpha value is -3.28. The summed E-state index contributed by atoms with van der Waals surface area (Å²) in [5.74, 6) is -0.478. The zero-order chi connectivity index (χ0) is 19.8. The van der Waals surface area contributed by atoms with E-state index in [2.05, 4.69) is 0 Å². The fourth-order valence-electron chi connectivity index (χ4n) is 4.21. The Morgan fingerprint density at radius 3 is 2.54 bits per heavy atom. The van der Waals surface area contributed by atoms with Gasteiger partial charge >= 0.3 is 0 Å². The summed E-state index contributed by atoms with van der Waals surface area (Å²) in [6.07, 6.45) is 1.77. The van der Waals surface area contributed by atoms with E-state index in [1.54, 1.807) is 19.1 Å². The molecule has 1 aliphatic carbocycles. The summed E-state index contributed by atoms with van der Waals surface area (Å²) in [5.41, 5.74) is 3.05. The number of allylic oxidation sites excluding steroid dienone is 2. The molecular formula is C22H20N2O4. The highest BCUT2D eigenvalue weighted by molar-refractivity contribution is 6.08. The lowest BCUT2D eigenvalue weighted by Crippen LogP contribution is -2.40. The number of carbonyl (C=O) groups excluding carboxylic acids is 2. The molecule has 1 heterocycles. The minimum atomic E-state index is -0.468. The summed E-state index contributed by atoms with van der Waals surface area (Å²) in [5, 5.41) is 11.6. The maximum Gasteiger partial charge on any atom is 0.293 e. The number of hydrogen-bond acceptors (Lipinski definition) is 4. The number of ketones is 1. The first-order valence-electron chi connectivity index (χ1n) is 9.36. The molecule has 2 aromatic rings. The minimum absolute atomic E-state index is 0.0300. The predicted octanol–water partition coefficient (Wildman–Crippen LogP) is 4.43. The number of aryl methyl sites for hydroxylation is 1. The topological polar surface area (TPSA) is 80.5 Å². The first-order chi connectivity index (χ1) is 13.5. The van der Waals surface area contributed by atoms with E-state index in [-0.39, 0.29) is 35.4 Å². The third kappa shape index (κ3) is 3.01. The second-order valence-electron chi connectivity index (χ2n) is 7.28. The number of benzene rings is 2. The fourth-order valence-corrected chi connectivity index (χ4v) is 4.21. The zero-order valence-electron chi connectivity index (χ0n) is 15.6. The molecule has 0 spiro atoms. The van der Waals surface area contributed by atoms with Gasteiger partial charge < -0.3 is 0 Å². The Kier molecular flexibility index (Phi) is 4.55. The predicted molar refractivity (Wildman–Crippen MR) is 105 cm³/mol. The van der Waals surface area contributed by atoms with Crippen LogP contribution in [0, 0.1) is 17.0 Å². The van der Waals surface area contributed by atoms with Crippen LogP contribution in [0.25, 0.3) is 0 Å². The van der Waals surface area contributed by atoms with Crippen molar-refractivity contribution in [2.75, 3.05) is 4.90 Å². The molecule has 142 valence electrons. The van der Waals surface area contributed by atoms with Crippen LogP contribution in [-0.2, 0) is 9.59 Å². The molecule has 0 radical (unpaired) electrons. The molecule has 4 rings (SSSR count). The van der Waals surface area contributed by atoms with Crippen LogP contribution in [0.15, 0.2) is 59.8 Å². The van der Waals surface area contributed by atoms with Gasteiger partial charge in [0.2, 0.25) is 5.91 Å². The van der Waals surface area contributed by atoms with Crippen LogP contribution in [-0.4, -0.2) is 16.6 Å². The highest BCUT2D eigenvalue weighted by atomic mass is 16.6. The van der Waals surface area contributed by atoms with Crippen molar-refractivity contribution in [3.63, 3.8) is 0 Å². The number of anilines is 1. The summed E-state index contributed by atoms with van der Waals surface area (Å²) >= 11 is 0. The zero-order valence-corrected chi connectivity index (χ0v) is 15.6. The SMILES string of the molecule is Cc1ccc(N2C(=O)CC(c3ccccc3)C3=C2CCCC3=O)c([N+](=O)[O-])c1. The molecule has 1 amide bonds. The van der Waals surface area contributed by atoms with Gasteiger partial charge in [0, 0.05) is 36.1 Å². The molecule has 1 aliphatic heterocycles. The maximum absolute atomic E-state index is 13.2. The molecule has 2 aliphatic rings. The molecule has 28 heavy (non-hydrogen) atoms. The van der Waals surface area contributed by atoms with Gasteiger partial charge in [-0.15, -0.1) is 0 Å². The smallest absolute Gasteiger partial charge is 0.293 e.